The Hall–Kier alpha value is -6.40. The van der Waals surface area contributed by atoms with Crippen LogP contribution in [0.3, 0.4) is 0 Å². The summed E-state index contributed by atoms with van der Waals surface area (Å²) in [6.07, 6.45) is 0. The molecule has 6 rings (SSSR count). The van der Waals surface area contributed by atoms with Crippen molar-refractivity contribution in [2.75, 3.05) is 47.8 Å². The van der Waals surface area contributed by atoms with Gasteiger partial charge in [-0.3, -0.25) is 4.79 Å². The van der Waals surface area contributed by atoms with E-state index in [9.17, 15) is 14.7 Å². The second-order valence-corrected chi connectivity index (χ2v) is 12.0. The van der Waals surface area contributed by atoms with E-state index in [2.05, 4.69) is 41.7 Å². The number of carboxylic acid groups (broad SMARTS) is 1. The zero-order valence-electron chi connectivity index (χ0n) is 27.3. The first-order chi connectivity index (χ1) is 24.7. The molecule has 0 spiro atoms. The third-order valence-corrected chi connectivity index (χ3v) is 8.43. The van der Waals surface area contributed by atoms with Gasteiger partial charge in [-0.25, -0.2) is 14.2 Å². The number of aliphatic carboxylic acids is 1. The molecule has 0 fully saturated rings. The van der Waals surface area contributed by atoms with Crippen molar-refractivity contribution < 1.29 is 19.4 Å². The largest absolute Gasteiger partial charge is 0.480 e. The molecule has 0 aliphatic heterocycles. The highest BCUT2D eigenvalue weighted by Gasteiger charge is 2.26. The molecule has 5 N–H and O–H groups in total. The van der Waals surface area contributed by atoms with Crippen LogP contribution >= 0.6 is 24.4 Å². The standard InChI is InChI=1S/C33H32N12O4S2/c1-42(24-10-6-14-28(18-24)49-20-34-22-8-4-12-26(16-22)44-32(50)36-38-40-44)19-29(31(47)48)43(2)25-11-3-7-21(15-25)30(46)35-23-9-5-13-27(17-23)45-33(51)37-39-41-45/h3-18,29,34H,19-20H2,1-2H3,(H,35,46)(H,47,48)(H,36,40,50)(H,37,41,51). The SMILES string of the molecule is CN(CC(C(=O)O)N(C)c1cccc(C(=O)Nc2cccc(-n3[nH]nnc3=S)c2)c1)c1cccc(OCNc2cccc(-n3[nH]nnc3=S)c2)c1. The molecule has 1 unspecified atom stereocenters. The number of anilines is 4. The van der Waals surface area contributed by atoms with E-state index >= 15 is 0 Å². The average molecular weight is 725 g/mol. The van der Waals surface area contributed by atoms with Crippen LogP contribution in [0.15, 0.2) is 97.1 Å². The molecule has 1 amide bonds. The molecule has 4 aromatic carbocycles. The topological polar surface area (TPSA) is 187 Å². The number of carbonyl (C=O) groups excluding carboxylic acids is 1. The molecular formula is C33H32N12O4S2. The molecule has 260 valence electrons. The van der Waals surface area contributed by atoms with Gasteiger partial charge in [-0.2, -0.15) is 10.4 Å². The van der Waals surface area contributed by atoms with E-state index in [0.717, 1.165) is 17.1 Å². The summed E-state index contributed by atoms with van der Waals surface area (Å²) >= 11 is 10.3. The molecular weight excluding hydrogens is 693 g/mol. The lowest BCUT2D eigenvalue weighted by Gasteiger charge is -2.31. The number of carboxylic acids is 1. The van der Waals surface area contributed by atoms with Crippen LogP contribution in [0.1, 0.15) is 10.4 Å². The first-order valence-electron chi connectivity index (χ1n) is 15.4. The first-order valence-corrected chi connectivity index (χ1v) is 16.2. The summed E-state index contributed by atoms with van der Waals surface area (Å²) in [6.45, 7) is 0.314. The zero-order chi connectivity index (χ0) is 35.9. The molecule has 0 bridgehead atoms. The van der Waals surface area contributed by atoms with Crippen molar-refractivity contribution in [3.63, 3.8) is 0 Å². The fraction of sp³-hybridized carbons (Fsp3) is 0.152. The minimum absolute atomic E-state index is 0.138. The molecule has 0 radical (unpaired) electrons. The Balaban J connectivity index is 1.08. The number of carbonyl (C=O) groups is 2. The van der Waals surface area contributed by atoms with Crippen molar-refractivity contribution in [1.29, 1.82) is 0 Å². The Labute approximate surface area is 301 Å². The monoisotopic (exact) mass is 724 g/mol. The molecule has 0 saturated heterocycles. The average Bonchev–Trinajstić information content (AvgIpc) is 3.78. The summed E-state index contributed by atoms with van der Waals surface area (Å²) in [5, 5.41) is 36.8. The molecule has 51 heavy (non-hydrogen) atoms. The van der Waals surface area contributed by atoms with Crippen LogP contribution < -0.4 is 25.2 Å². The minimum Gasteiger partial charge on any atom is -0.480 e. The van der Waals surface area contributed by atoms with Gasteiger partial charge in [0.15, 0.2) is 6.73 Å². The number of aromatic amines is 2. The van der Waals surface area contributed by atoms with E-state index in [1.807, 2.05) is 60.5 Å². The van der Waals surface area contributed by atoms with Crippen LogP contribution in [0.2, 0.25) is 0 Å². The van der Waals surface area contributed by atoms with Crippen molar-refractivity contribution >= 4 is 59.1 Å². The summed E-state index contributed by atoms with van der Waals surface area (Å²) in [6, 6.07) is 27.8. The summed E-state index contributed by atoms with van der Waals surface area (Å²) in [5.41, 5.74) is 4.42. The predicted octanol–water partition coefficient (Wildman–Crippen LogP) is 4.69. The Morgan fingerprint density at radius 1 is 0.824 bits per heavy atom. The van der Waals surface area contributed by atoms with Crippen molar-refractivity contribution in [2.45, 2.75) is 6.04 Å². The number of rotatable bonds is 14. The van der Waals surface area contributed by atoms with Gasteiger partial charge in [-0.15, -0.1) is 0 Å². The number of tetrazole rings is 2. The maximum atomic E-state index is 13.2. The Kier molecular flexibility index (Phi) is 10.4. The number of ether oxygens (including phenoxy) is 1. The first kappa shape index (κ1) is 34.5. The molecule has 2 aromatic heterocycles. The van der Waals surface area contributed by atoms with E-state index in [4.69, 9.17) is 29.2 Å². The number of nitrogens with zero attached hydrogens (tertiary/aromatic N) is 8. The van der Waals surface area contributed by atoms with Crippen molar-refractivity contribution in [3.8, 4) is 17.1 Å². The molecule has 1 atom stereocenters. The lowest BCUT2D eigenvalue weighted by atomic mass is 10.1. The van der Waals surface area contributed by atoms with Crippen LogP contribution in [-0.2, 0) is 4.79 Å². The van der Waals surface area contributed by atoms with Gasteiger partial charge in [-0.05, 0) is 91.2 Å². The van der Waals surface area contributed by atoms with Gasteiger partial charge in [0.25, 0.3) is 5.91 Å². The van der Waals surface area contributed by atoms with Gasteiger partial charge in [0.05, 0.1) is 11.4 Å². The van der Waals surface area contributed by atoms with Crippen molar-refractivity contribution in [1.82, 2.24) is 40.4 Å². The Morgan fingerprint density at radius 2 is 1.43 bits per heavy atom. The Morgan fingerprint density at radius 3 is 2.08 bits per heavy atom. The van der Waals surface area contributed by atoms with Gasteiger partial charge in [0, 0.05) is 55.0 Å². The Bertz CT molecular complexity index is 2280. The maximum absolute atomic E-state index is 13.2. The fourth-order valence-electron chi connectivity index (χ4n) is 5.20. The highest BCUT2D eigenvalue weighted by Crippen LogP contribution is 2.24. The second kappa shape index (κ2) is 15.4. The maximum Gasteiger partial charge on any atom is 0.328 e. The molecule has 0 aliphatic carbocycles. The molecule has 16 nitrogen and oxygen atoms in total. The highest BCUT2D eigenvalue weighted by molar-refractivity contribution is 7.71. The van der Waals surface area contributed by atoms with Crippen LogP contribution in [-0.4, -0.2) is 90.8 Å². The van der Waals surface area contributed by atoms with E-state index in [1.165, 1.54) is 4.68 Å². The number of nitrogens with one attached hydrogen (secondary N) is 4. The molecule has 6 aromatic rings. The van der Waals surface area contributed by atoms with Gasteiger partial charge >= 0.3 is 5.97 Å². The van der Waals surface area contributed by atoms with Gasteiger partial charge < -0.3 is 30.3 Å². The molecule has 18 heteroatoms. The number of benzene rings is 4. The van der Waals surface area contributed by atoms with E-state index < -0.39 is 12.0 Å². The summed E-state index contributed by atoms with van der Waals surface area (Å²) < 4.78 is 9.60. The smallest absolute Gasteiger partial charge is 0.328 e. The number of likely N-dealkylation sites (N-methyl/N-ethyl adjacent to an activating group) is 2. The van der Waals surface area contributed by atoms with Gasteiger partial charge in [0.2, 0.25) is 9.54 Å². The zero-order valence-corrected chi connectivity index (χ0v) is 28.9. The lowest BCUT2D eigenvalue weighted by Crippen LogP contribution is -2.46. The molecule has 0 aliphatic rings. The quantitative estimate of drug-likeness (QED) is 0.0770. The number of H-pyrrole nitrogens is 2. The number of amides is 1. The summed E-state index contributed by atoms with van der Waals surface area (Å²) in [5.74, 6) is -0.790. The van der Waals surface area contributed by atoms with Crippen LogP contribution in [0.4, 0.5) is 22.7 Å². The third kappa shape index (κ3) is 8.26. The normalized spacial score (nSPS) is 11.4. The van der Waals surface area contributed by atoms with E-state index in [1.54, 1.807) is 65.2 Å². The van der Waals surface area contributed by atoms with Crippen LogP contribution in [0.25, 0.3) is 11.4 Å². The highest BCUT2D eigenvalue weighted by atomic mass is 32.1. The number of aromatic nitrogens is 8. The fourth-order valence-corrected chi connectivity index (χ4v) is 5.58. The van der Waals surface area contributed by atoms with Crippen LogP contribution in [0, 0.1) is 9.54 Å². The second-order valence-electron chi connectivity index (χ2n) is 11.2. The summed E-state index contributed by atoms with van der Waals surface area (Å²) in [7, 11) is 3.50. The molecule has 2 heterocycles. The number of hydrogen-bond acceptors (Lipinski definition) is 12. The third-order valence-electron chi connectivity index (χ3n) is 7.90. The summed E-state index contributed by atoms with van der Waals surface area (Å²) in [4.78, 5) is 29.3. The van der Waals surface area contributed by atoms with Crippen LogP contribution in [0.5, 0.6) is 5.75 Å². The molecule has 0 saturated carbocycles. The van der Waals surface area contributed by atoms with Crippen molar-refractivity contribution in [2.24, 2.45) is 0 Å². The van der Waals surface area contributed by atoms with Gasteiger partial charge in [0.1, 0.15) is 11.8 Å². The lowest BCUT2D eigenvalue weighted by molar-refractivity contribution is -0.138. The minimum atomic E-state index is -1.02. The predicted molar refractivity (Wildman–Crippen MR) is 196 cm³/mol. The van der Waals surface area contributed by atoms with Gasteiger partial charge in [-0.1, -0.05) is 44.9 Å². The van der Waals surface area contributed by atoms with E-state index in [0.29, 0.717) is 33.1 Å². The van der Waals surface area contributed by atoms with E-state index in [-0.39, 0.29) is 24.0 Å². The number of hydrogen-bond donors (Lipinski definition) is 5. The van der Waals surface area contributed by atoms with Crippen molar-refractivity contribution in [3.05, 3.63) is 112 Å².